The van der Waals surface area contributed by atoms with E-state index in [1.807, 2.05) is 0 Å². The molecule has 0 aromatic heterocycles. The van der Waals surface area contributed by atoms with Gasteiger partial charge in [-0.15, -0.1) is 0 Å². The van der Waals surface area contributed by atoms with E-state index in [4.69, 9.17) is 11.9 Å². The summed E-state index contributed by atoms with van der Waals surface area (Å²) in [6.07, 6.45) is 0. The van der Waals surface area contributed by atoms with Gasteiger partial charge in [-0.05, 0) is 0 Å². The Morgan fingerprint density at radius 3 is 0.769 bits per heavy atom. The zero-order valence-corrected chi connectivity index (χ0v) is 13.5. The van der Waals surface area contributed by atoms with Gasteiger partial charge in [-0.1, -0.05) is 0 Å². The van der Waals surface area contributed by atoms with Crippen molar-refractivity contribution in [3.05, 3.63) is 0 Å². The van der Waals surface area contributed by atoms with Gasteiger partial charge in [0.1, 0.15) is 0 Å². The molecule has 0 bridgehead atoms. The van der Waals surface area contributed by atoms with Gasteiger partial charge in [-0.3, -0.25) is 0 Å². The summed E-state index contributed by atoms with van der Waals surface area (Å²) in [6, 6.07) is 0. The zero-order valence-electron chi connectivity index (χ0n) is 7.67. The average Bonchev–Trinajstić information content (AvgIpc) is 0.722. The third-order valence-electron chi connectivity index (χ3n) is 0. The van der Waals surface area contributed by atoms with Crippen molar-refractivity contribution in [1.29, 1.82) is 0 Å². The van der Waals surface area contributed by atoms with Crippen LogP contribution in [-0.4, -0.2) is 47.0 Å². The Morgan fingerprint density at radius 2 is 0.769 bits per heavy atom. The smallest absolute Gasteiger partial charge is 0.412 e. The summed E-state index contributed by atoms with van der Waals surface area (Å²) < 4.78 is 27.5. The summed E-state index contributed by atoms with van der Waals surface area (Å²) in [5.74, 6) is 0. The van der Waals surface area contributed by atoms with E-state index in [1.165, 1.54) is 0 Å². The average molecular weight is 292 g/mol. The van der Waals surface area contributed by atoms with Crippen LogP contribution in [0.4, 0.5) is 0 Å². The van der Waals surface area contributed by atoms with E-state index in [9.17, 15) is 0 Å². The van der Waals surface area contributed by atoms with Gasteiger partial charge in [0, 0.05) is 0 Å². The van der Waals surface area contributed by atoms with Crippen molar-refractivity contribution >= 4 is 14.2 Å². The van der Waals surface area contributed by atoms with Gasteiger partial charge in [0.15, 0.2) is 0 Å². The van der Waals surface area contributed by atoms with Crippen LogP contribution in [0.2, 0.25) is 5.71 Å². The molecule has 13 heavy (non-hydrogen) atoms. The Kier molecular flexibility index (Phi) is 231. The first kappa shape index (κ1) is 81.3. The van der Waals surface area contributed by atoms with Gasteiger partial charge in [-0.2, -0.15) is 0 Å². The monoisotopic (exact) mass is 292 g/mol. The zero-order chi connectivity index (χ0) is 4.50. The summed E-state index contributed by atoms with van der Waals surface area (Å²) in [5.41, 5.74) is 0.693. The molecule has 0 aliphatic rings. The maximum atomic E-state index is 9.16. The topological polar surface area (TPSA) is 252 Å². The molecule has 12 heteroatoms. The van der Waals surface area contributed by atoms with Crippen molar-refractivity contribution in [1.82, 2.24) is 0 Å². The van der Waals surface area contributed by atoms with E-state index >= 15 is 0 Å². The molecule has 0 aromatic rings. The normalized spacial score (nSPS) is 4.54. The van der Waals surface area contributed by atoms with Crippen LogP contribution in [0, 0.1) is 0 Å². The van der Waals surface area contributed by atoms with E-state index in [1.54, 1.807) is 0 Å². The van der Waals surface area contributed by atoms with Crippen molar-refractivity contribution in [3.8, 4) is 0 Å². The maximum Gasteiger partial charge on any atom is 1.00 e. The minimum Gasteiger partial charge on any atom is -0.412 e. The predicted octanol–water partition coefficient (Wildman–Crippen LogP) is -13.2. The molecule has 0 radical (unpaired) electrons. The van der Waals surface area contributed by atoms with Gasteiger partial charge in [0.2, 0.25) is 0 Å². The Morgan fingerprint density at radius 1 is 0.769 bits per heavy atom. The molecule has 80 valence electrons. The Labute approximate surface area is 122 Å². The Hall–Kier alpha value is 2.04. The quantitative estimate of drug-likeness (QED) is 0.394. The molecule has 0 unspecified atom stereocenters. The van der Waals surface area contributed by atoms with Crippen LogP contribution in [0.3, 0.4) is 0 Å². The van der Waals surface area contributed by atoms with Crippen molar-refractivity contribution in [3.63, 3.8) is 0 Å². The van der Waals surface area contributed by atoms with E-state index in [-0.39, 0.29) is 92.0 Å². The van der Waals surface area contributed by atoms with Gasteiger partial charge < -0.3 is 32.9 Å². The largest absolute Gasteiger partial charge is 1.00 e. The molecule has 0 atom stereocenters. The second kappa shape index (κ2) is 36.9. The molecule has 0 rings (SSSR count). The number of hydrogen-bond acceptors (Lipinski definition) is 3. The number of rotatable bonds is 0. The molecule has 0 heterocycles. The van der Waals surface area contributed by atoms with Crippen molar-refractivity contribution in [2.75, 3.05) is 0 Å². The van der Waals surface area contributed by atoms with Gasteiger partial charge >= 0.3 is 90.9 Å². The minimum absolute atomic E-state index is 0. The molecule has 0 spiro atoms. The molecule has 0 amide bonds. The van der Waals surface area contributed by atoms with Crippen molar-refractivity contribution in [2.24, 2.45) is 0 Å². The first-order valence-electron chi connectivity index (χ1n) is 0.995. The maximum absolute atomic E-state index is 9.16. The summed E-state index contributed by atoms with van der Waals surface area (Å²) in [4.78, 5) is 0. The second-order valence-corrected chi connectivity index (χ2v) is 4.01. The van der Waals surface area contributed by atoms with Crippen LogP contribution >= 0.6 is 0 Å². The van der Waals surface area contributed by atoms with Crippen LogP contribution in [-0.2, 0) is 3.74 Å². The van der Waals surface area contributed by atoms with Crippen LogP contribution in [0.1, 0.15) is 0 Å². The minimum atomic E-state index is -4.62. The molecule has 12 N–H and O–H groups in total. The van der Waals surface area contributed by atoms with E-state index in [2.05, 4.69) is 0 Å². The molecule has 9 nitrogen and oxygen atoms in total. The molecule has 0 aliphatic heterocycles. The molecule has 0 saturated carbocycles. The van der Waals surface area contributed by atoms with Gasteiger partial charge in [0.25, 0.3) is 0 Å². The van der Waals surface area contributed by atoms with Gasteiger partial charge in [-0.25, -0.2) is 0 Å². The van der Waals surface area contributed by atoms with Crippen molar-refractivity contribution in [2.45, 2.75) is 5.71 Å². The van der Waals surface area contributed by atoms with Crippen LogP contribution < -0.4 is 67.3 Å². The summed E-state index contributed by atoms with van der Waals surface area (Å²) in [7, 11) is 0. The Balaban J connectivity index is -0.00000000286. The fourth-order valence-electron chi connectivity index (χ4n) is 0. The first-order chi connectivity index (χ1) is 2.00. The van der Waals surface area contributed by atoms with E-state index in [0.717, 1.165) is 0 Å². The Bertz CT molecular complexity index is 63.8. The second-order valence-electron chi connectivity index (χ2n) is 0.771. The molecular formula is CH15AsNa2O9. The molecule has 0 aliphatic carbocycles. The molecule has 0 fully saturated rings. The predicted molar refractivity (Wildman–Crippen MR) is 34.0 cm³/mol. The third kappa shape index (κ3) is 490. The first-order valence-corrected chi connectivity index (χ1v) is 5.17. The third-order valence-corrected chi connectivity index (χ3v) is 0. The summed E-state index contributed by atoms with van der Waals surface area (Å²) in [5, 5.41) is 0. The van der Waals surface area contributed by atoms with Gasteiger partial charge in [0.05, 0.1) is 0 Å². The van der Waals surface area contributed by atoms with Crippen LogP contribution in [0.15, 0.2) is 0 Å². The van der Waals surface area contributed by atoms with E-state index < -0.39 is 14.2 Å². The number of hydrogen-bond donors (Lipinski definition) is 0. The molecular weight excluding hydrogens is 277 g/mol. The van der Waals surface area contributed by atoms with Crippen molar-refractivity contribution < 1.29 is 104 Å². The molecule has 0 aromatic carbocycles. The van der Waals surface area contributed by atoms with E-state index in [0.29, 0.717) is 5.71 Å². The summed E-state index contributed by atoms with van der Waals surface area (Å²) >= 11 is -4.62. The summed E-state index contributed by atoms with van der Waals surface area (Å²) in [6.45, 7) is 0. The fourth-order valence-corrected chi connectivity index (χ4v) is 0. The molecule has 0 saturated heterocycles. The standard InChI is InChI=1S/CH5AsO3.2Na.6H2O/c1-2(3,4)5;;;;;;;;/h1H3,(H2,3,4,5);;;6*1H2/q;2*+1;;;;;;/p-2. The fraction of sp³-hybridized carbons (Fsp3) is 1.00. The van der Waals surface area contributed by atoms with Crippen LogP contribution in [0.5, 0.6) is 0 Å². The van der Waals surface area contributed by atoms with Crippen LogP contribution in [0.25, 0.3) is 0 Å². The SMILES string of the molecule is C[As](=O)([O-])[O-].O.O.O.O.O.O.[Na+].[Na+].